The minimum absolute atomic E-state index is 0.209. The topological polar surface area (TPSA) is 55.2 Å². The number of nitro benzene ring substituents is 1. The maximum atomic E-state index is 11.1. The van der Waals surface area contributed by atoms with Crippen LogP contribution in [0.4, 0.5) is 11.4 Å². The standard InChI is InChI=1S/C16H24N2O2/c1-4-13-6-5-7-14(9-13)17-15-10-16(18(19)20)12(3)8-11(15)2/h8,10,13-14,17H,4-7,9H2,1-3H3. The molecule has 0 saturated heterocycles. The van der Waals surface area contributed by atoms with Crippen LogP contribution in [0.15, 0.2) is 12.1 Å². The lowest BCUT2D eigenvalue weighted by Gasteiger charge is -2.30. The van der Waals surface area contributed by atoms with Crippen molar-refractivity contribution in [1.82, 2.24) is 0 Å². The molecule has 0 amide bonds. The highest BCUT2D eigenvalue weighted by Crippen LogP contribution is 2.31. The summed E-state index contributed by atoms with van der Waals surface area (Å²) in [6.07, 6.45) is 6.14. The van der Waals surface area contributed by atoms with Gasteiger partial charge in [-0.05, 0) is 44.2 Å². The van der Waals surface area contributed by atoms with Crippen molar-refractivity contribution in [2.45, 2.75) is 58.9 Å². The molecule has 1 fully saturated rings. The van der Waals surface area contributed by atoms with E-state index >= 15 is 0 Å². The average Bonchev–Trinajstić information content (AvgIpc) is 2.41. The third kappa shape index (κ3) is 3.30. The third-order valence-electron chi connectivity index (χ3n) is 4.46. The van der Waals surface area contributed by atoms with Gasteiger partial charge in [0.1, 0.15) is 0 Å². The van der Waals surface area contributed by atoms with Crippen LogP contribution in [0.1, 0.15) is 50.2 Å². The van der Waals surface area contributed by atoms with Gasteiger partial charge in [0.2, 0.25) is 0 Å². The van der Waals surface area contributed by atoms with E-state index in [0.29, 0.717) is 6.04 Å². The summed E-state index contributed by atoms with van der Waals surface area (Å²) in [6.45, 7) is 6.05. The van der Waals surface area contributed by atoms with Crippen LogP contribution in [-0.2, 0) is 0 Å². The normalized spacial score (nSPS) is 22.6. The van der Waals surface area contributed by atoms with Gasteiger partial charge in [0.05, 0.1) is 4.92 Å². The molecular weight excluding hydrogens is 252 g/mol. The summed E-state index contributed by atoms with van der Waals surface area (Å²) in [4.78, 5) is 10.8. The number of anilines is 1. The van der Waals surface area contributed by atoms with Crippen molar-refractivity contribution in [1.29, 1.82) is 0 Å². The van der Waals surface area contributed by atoms with E-state index in [4.69, 9.17) is 0 Å². The lowest BCUT2D eigenvalue weighted by Crippen LogP contribution is -2.27. The number of aryl methyl sites for hydroxylation is 2. The van der Waals surface area contributed by atoms with Crippen molar-refractivity contribution in [2.24, 2.45) is 5.92 Å². The summed E-state index contributed by atoms with van der Waals surface area (Å²) < 4.78 is 0. The molecule has 0 radical (unpaired) electrons. The molecule has 1 aromatic carbocycles. The Bertz CT molecular complexity index is 499. The van der Waals surface area contributed by atoms with E-state index in [1.165, 1.54) is 25.7 Å². The number of nitro groups is 1. The molecule has 0 heterocycles. The van der Waals surface area contributed by atoms with Gasteiger partial charge in [0.15, 0.2) is 0 Å². The van der Waals surface area contributed by atoms with E-state index in [1.807, 2.05) is 13.0 Å². The van der Waals surface area contributed by atoms with Crippen LogP contribution in [0.3, 0.4) is 0 Å². The Hall–Kier alpha value is -1.58. The Labute approximate surface area is 120 Å². The molecular formula is C16H24N2O2. The molecule has 1 aliphatic carbocycles. The molecule has 0 aliphatic heterocycles. The smallest absolute Gasteiger partial charge is 0.274 e. The number of benzene rings is 1. The number of hydrogen-bond donors (Lipinski definition) is 1. The fourth-order valence-electron chi connectivity index (χ4n) is 3.21. The maximum Gasteiger partial charge on any atom is 0.274 e. The first-order valence-electron chi connectivity index (χ1n) is 7.53. The Morgan fingerprint density at radius 1 is 1.30 bits per heavy atom. The molecule has 4 nitrogen and oxygen atoms in total. The Morgan fingerprint density at radius 3 is 2.70 bits per heavy atom. The highest BCUT2D eigenvalue weighted by molar-refractivity contribution is 5.60. The molecule has 2 rings (SSSR count). The van der Waals surface area contributed by atoms with Gasteiger partial charge >= 0.3 is 0 Å². The summed E-state index contributed by atoms with van der Waals surface area (Å²) >= 11 is 0. The molecule has 110 valence electrons. The molecule has 20 heavy (non-hydrogen) atoms. The molecule has 1 N–H and O–H groups in total. The van der Waals surface area contributed by atoms with Crippen molar-refractivity contribution in [3.63, 3.8) is 0 Å². The molecule has 4 heteroatoms. The van der Waals surface area contributed by atoms with Gasteiger partial charge in [-0.3, -0.25) is 10.1 Å². The number of nitrogens with one attached hydrogen (secondary N) is 1. The second-order valence-corrected chi connectivity index (χ2v) is 5.99. The van der Waals surface area contributed by atoms with E-state index in [1.54, 1.807) is 13.0 Å². The Morgan fingerprint density at radius 2 is 2.05 bits per heavy atom. The summed E-state index contributed by atoms with van der Waals surface area (Å²) in [5, 5.41) is 14.6. The number of nitrogens with zero attached hydrogens (tertiary/aromatic N) is 1. The minimum Gasteiger partial charge on any atom is -0.382 e. The van der Waals surface area contributed by atoms with Gasteiger partial charge < -0.3 is 5.32 Å². The lowest BCUT2D eigenvalue weighted by molar-refractivity contribution is -0.385. The fraction of sp³-hybridized carbons (Fsp3) is 0.625. The average molecular weight is 276 g/mol. The summed E-state index contributed by atoms with van der Waals surface area (Å²) in [5.74, 6) is 0.794. The van der Waals surface area contributed by atoms with Gasteiger partial charge in [-0.15, -0.1) is 0 Å². The van der Waals surface area contributed by atoms with Crippen molar-refractivity contribution in [3.05, 3.63) is 33.4 Å². The quantitative estimate of drug-likeness (QED) is 0.646. The Balaban J connectivity index is 2.16. The van der Waals surface area contributed by atoms with Gasteiger partial charge in [-0.1, -0.05) is 26.2 Å². The zero-order valence-electron chi connectivity index (χ0n) is 12.6. The number of rotatable bonds is 4. The second-order valence-electron chi connectivity index (χ2n) is 5.99. The van der Waals surface area contributed by atoms with E-state index < -0.39 is 0 Å². The Kier molecular flexibility index (Phi) is 4.63. The zero-order chi connectivity index (χ0) is 14.7. The SMILES string of the molecule is CCC1CCCC(Nc2cc([N+](=O)[O-])c(C)cc2C)C1. The van der Waals surface area contributed by atoms with Gasteiger partial charge in [0, 0.05) is 23.4 Å². The van der Waals surface area contributed by atoms with Crippen molar-refractivity contribution in [2.75, 3.05) is 5.32 Å². The van der Waals surface area contributed by atoms with Crippen LogP contribution in [-0.4, -0.2) is 11.0 Å². The zero-order valence-corrected chi connectivity index (χ0v) is 12.6. The fourth-order valence-corrected chi connectivity index (χ4v) is 3.21. The molecule has 1 saturated carbocycles. The molecule has 1 aliphatic rings. The van der Waals surface area contributed by atoms with Gasteiger partial charge in [-0.2, -0.15) is 0 Å². The lowest BCUT2D eigenvalue weighted by atomic mass is 9.84. The van der Waals surface area contributed by atoms with E-state index in [2.05, 4.69) is 12.2 Å². The summed E-state index contributed by atoms with van der Waals surface area (Å²) in [7, 11) is 0. The van der Waals surface area contributed by atoms with Gasteiger partial charge in [0.25, 0.3) is 5.69 Å². The highest BCUT2D eigenvalue weighted by Gasteiger charge is 2.22. The molecule has 1 aromatic rings. The molecule has 0 bridgehead atoms. The van der Waals surface area contributed by atoms with Crippen molar-refractivity contribution >= 4 is 11.4 Å². The number of hydrogen-bond acceptors (Lipinski definition) is 3. The van der Waals surface area contributed by atoms with Crippen LogP contribution in [0.2, 0.25) is 0 Å². The van der Waals surface area contributed by atoms with Crippen LogP contribution < -0.4 is 5.32 Å². The second kappa shape index (κ2) is 6.25. The summed E-state index contributed by atoms with van der Waals surface area (Å²) in [6, 6.07) is 4.05. The van der Waals surface area contributed by atoms with Crippen molar-refractivity contribution in [3.8, 4) is 0 Å². The van der Waals surface area contributed by atoms with Crippen LogP contribution in [0.5, 0.6) is 0 Å². The monoisotopic (exact) mass is 276 g/mol. The first-order chi connectivity index (χ1) is 9.51. The largest absolute Gasteiger partial charge is 0.382 e. The molecule has 2 atom stereocenters. The predicted molar refractivity (Wildman–Crippen MR) is 82.2 cm³/mol. The minimum atomic E-state index is -0.296. The van der Waals surface area contributed by atoms with E-state index in [9.17, 15) is 10.1 Å². The first kappa shape index (κ1) is 14.8. The van der Waals surface area contributed by atoms with E-state index in [-0.39, 0.29) is 10.6 Å². The highest BCUT2D eigenvalue weighted by atomic mass is 16.6. The molecule has 0 spiro atoms. The summed E-state index contributed by atoms with van der Waals surface area (Å²) in [5.41, 5.74) is 2.95. The third-order valence-corrected chi connectivity index (χ3v) is 4.46. The maximum absolute atomic E-state index is 11.1. The van der Waals surface area contributed by atoms with Crippen molar-refractivity contribution < 1.29 is 4.92 Å². The molecule has 2 unspecified atom stereocenters. The predicted octanol–water partition coefficient (Wildman–Crippen LogP) is 4.59. The van der Waals surface area contributed by atoms with Crippen LogP contribution in [0.25, 0.3) is 0 Å². The molecule has 0 aromatic heterocycles. The van der Waals surface area contributed by atoms with E-state index in [0.717, 1.165) is 29.2 Å². The van der Waals surface area contributed by atoms with Crippen LogP contribution >= 0.6 is 0 Å². The van der Waals surface area contributed by atoms with Gasteiger partial charge in [-0.25, -0.2) is 0 Å². The van der Waals surface area contributed by atoms with Crippen LogP contribution in [0, 0.1) is 29.9 Å². The first-order valence-corrected chi connectivity index (χ1v) is 7.53.